The first-order chi connectivity index (χ1) is 13.6. The van der Waals surface area contributed by atoms with Crippen molar-refractivity contribution in [2.75, 3.05) is 31.1 Å². The number of carbonyl (C=O) groups excluding carboxylic acids is 1. The Balaban J connectivity index is 1.15. The van der Waals surface area contributed by atoms with Gasteiger partial charge < -0.3 is 15.1 Å². The SMILES string of the molecule is N#C[C@@H]1C[C@H](F)CN1C(=O)CNC1[C@H]2CN(c3cnc4ccccc4n3)C[C@@H]12. The van der Waals surface area contributed by atoms with Crippen molar-refractivity contribution in [3.63, 3.8) is 0 Å². The number of hydrogen-bond donors (Lipinski definition) is 1. The largest absolute Gasteiger partial charge is 0.355 e. The standard InChI is InChI=1S/C20H21FN6O/c21-12-5-13(6-22)27(9-12)19(28)8-24-20-14-10-26(11-15(14)20)18-7-23-16-3-1-2-4-17(16)25-18/h1-4,7,12-15,20,24H,5,8-11H2/t12-,13-,14-,15+,20?/m0/s1. The molecule has 0 radical (unpaired) electrons. The fourth-order valence-electron chi connectivity index (χ4n) is 4.61. The lowest BCUT2D eigenvalue weighted by Crippen LogP contribution is -2.43. The van der Waals surface area contributed by atoms with E-state index in [4.69, 9.17) is 10.2 Å². The number of carbonyl (C=O) groups is 1. The zero-order valence-corrected chi connectivity index (χ0v) is 15.3. The Bertz CT molecular complexity index is 949. The summed E-state index contributed by atoms with van der Waals surface area (Å²) in [6.45, 7) is 1.98. The molecule has 5 rings (SSSR count). The minimum atomic E-state index is -1.09. The molecule has 3 aliphatic rings. The van der Waals surface area contributed by atoms with Crippen molar-refractivity contribution in [2.45, 2.75) is 24.7 Å². The number of nitriles is 1. The minimum Gasteiger partial charge on any atom is -0.355 e. The van der Waals surface area contributed by atoms with E-state index >= 15 is 0 Å². The van der Waals surface area contributed by atoms with Crippen LogP contribution < -0.4 is 10.2 Å². The number of anilines is 1. The lowest BCUT2D eigenvalue weighted by Gasteiger charge is -2.22. The zero-order valence-electron chi connectivity index (χ0n) is 15.3. The summed E-state index contributed by atoms with van der Waals surface area (Å²) in [6, 6.07) is 9.52. The Morgan fingerprint density at radius 2 is 2.00 bits per heavy atom. The van der Waals surface area contributed by atoms with Gasteiger partial charge in [0, 0.05) is 25.6 Å². The molecule has 0 bridgehead atoms. The highest BCUT2D eigenvalue weighted by atomic mass is 19.1. The predicted octanol–water partition coefficient (Wildman–Crippen LogP) is 1.12. The summed E-state index contributed by atoms with van der Waals surface area (Å²) in [5, 5.41) is 12.4. The molecule has 1 aliphatic carbocycles. The second kappa shape index (κ2) is 6.67. The number of benzene rings is 1. The molecule has 3 fully saturated rings. The lowest BCUT2D eigenvalue weighted by atomic mass is 10.2. The number of alkyl halides is 1. The number of rotatable bonds is 4. The van der Waals surface area contributed by atoms with E-state index < -0.39 is 12.2 Å². The van der Waals surface area contributed by atoms with Crippen molar-refractivity contribution in [3.05, 3.63) is 30.5 Å². The summed E-state index contributed by atoms with van der Waals surface area (Å²) in [6.07, 6.45) is 0.853. The van der Waals surface area contributed by atoms with Crippen LogP contribution >= 0.6 is 0 Å². The number of fused-ring (bicyclic) bond motifs is 2. The van der Waals surface area contributed by atoms with Crippen LogP contribution in [-0.4, -0.2) is 65.2 Å². The number of para-hydroxylation sites is 2. The van der Waals surface area contributed by atoms with E-state index in [0.717, 1.165) is 29.9 Å². The lowest BCUT2D eigenvalue weighted by molar-refractivity contribution is -0.130. The van der Waals surface area contributed by atoms with E-state index in [1.54, 1.807) is 0 Å². The van der Waals surface area contributed by atoms with Gasteiger partial charge in [0.15, 0.2) is 0 Å². The Hall–Kier alpha value is -2.79. The topological polar surface area (TPSA) is 85.2 Å². The molecule has 1 saturated carbocycles. The summed E-state index contributed by atoms with van der Waals surface area (Å²) >= 11 is 0. The molecule has 3 heterocycles. The summed E-state index contributed by atoms with van der Waals surface area (Å²) in [7, 11) is 0. The third-order valence-electron chi connectivity index (χ3n) is 6.16. The number of piperidine rings is 1. The summed E-state index contributed by atoms with van der Waals surface area (Å²) in [5.41, 5.74) is 1.78. The molecule has 1 aromatic heterocycles. The Kier molecular flexibility index (Phi) is 4.13. The van der Waals surface area contributed by atoms with E-state index in [2.05, 4.69) is 15.2 Å². The van der Waals surface area contributed by atoms with Crippen molar-refractivity contribution < 1.29 is 9.18 Å². The van der Waals surface area contributed by atoms with E-state index in [1.165, 1.54) is 4.90 Å². The molecule has 5 atom stereocenters. The summed E-state index contributed by atoms with van der Waals surface area (Å²) in [5.74, 6) is 1.68. The van der Waals surface area contributed by atoms with Gasteiger partial charge in [0.2, 0.25) is 5.91 Å². The van der Waals surface area contributed by atoms with Crippen LogP contribution in [-0.2, 0) is 4.79 Å². The van der Waals surface area contributed by atoms with Crippen molar-refractivity contribution >= 4 is 22.8 Å². The smallest absolute Gasteiger partial charge is 0.237 e. The molecule has 1 unspecified atom stereocenters. The van der Waals surface area contributed by atoms with E-state index in [9.17, 15) is 9.18 Å². The number of amides is 1. The van der Waals surface area contributed by atoms with Crippen LogP contribution in [0.15, 0.2) is 30.5 Å². The molecular weight excluding hydrogens is 359 g/mol. The maximum atomic E-state index is 13.5. The maximum Gasteiger partial charge on any atom is 0.237 e. The number of aromatic nitrogens is 2. The third-order valence-corrected chi connectivity index (χ3v) is 6.16. The van der Waals surface area contributed by atoms with Crippen molar-refractivity contribution in [2.24, 2.45) is 11.8 Å². The first kappa shape index (κ1) is 17.3. The monoisotopic (exact) mass is 380 g/mol. The Morgan fingerprint density at radius 1 is 1.25 bits per heavy atom. The highest BCUT2D eigenvalue weighted by Gasteiger charge is 2.56. The fraction of sp³-hybridized carbons (Fsp3) is 0.500. The van der Waals surface area contributed by atoms with Crippen LogP contribution in [0.3, 0.4) is 0 Å². The van der Waals surface area contributed by atoms with E-state index in [0.29, 0.717) is 17.9 Å². The Morgan fingerprint density at radius 3 is 2.75 bits per heavy atom. The van der Waals surface area contributed by atoms with Crippen LogP contribution in [0, 0.1) is 23.2 Å². The molecule has 2 saturated heterocycles. The Labute approximate surface area is 162 Å². The second-order valence-corrected chi connectivity index (χ2v) is 7.88. The summed E-state index contributed by atoms with van der Waals surface area (Å²) < 4.78 is 13.5. The number of likely N-dealkylation sites (tertiary alicyclic amines) is 1. The van der Waals surface area contributed by atoms with Crippen LogP contribution in [0.1, 0.15) is 6.42 Å². The first-order valence-corrected chi connectivity index (χ1v) is 9.67. The fourth-order valence-corrected chi connectivity index (χ4v) is 4.61. The number of nitrogens with one attached hydrogen (secondary N) is 1. The summed E-state index contributed by atoms with van der Waals surface area (Å²) in [4.78, 5) is 25.1. The molecular formula is C20H21FN6O. The van der Waals surface area contributed by atoms with Gasteiger partial charge >= 0.3 is 0 Å². The highest BCUT2D eigenvalue weighted by molar-refractivity contribution is 5.79. The number of nitrogens with zero attached hydrogens (tertiary/aromatic N) is 5. The number of halogens is 1. The van der Waals surface area contributed by atoms with Gasteiger partial charge in [0.1, 0.15) is 18.0 Å². The van der Waals surface area contributed by atoms with Gasteiger partial charge in [-0.15, -0.1) is 0 Å². The third kappa shape index (κ3) is 2.96. The van der Waals surface area contributed by atoms with Gasteiger partial charge in [0.05, 0.1) is 36.4 Å². The molecule has 2 aliphatic heterocycles. The highest BCUT2D eigenvalue weighted by Crippen LogP contribution is 2.46. The average molecular weight is 380 g/mol. The maximum absolute atomic E-state index is 13.5. The van der Waals surface area contributed by atoms with Crippen LogP contribution in [0.25, 0.3) is 11.0 Å². The molecule has 1 N–H and O–H groups in total. The van der Waals surface area contributed by atoms with Crippen LogP contribution in [0.2, 0.25) is 0 Å². The van der Waals surface area contributed by atoms with E-state index in [-0.39, 0.29) is 25.4 Å². The molecule has 1 aromatic carbocycles. The molecule has 2 aromatic rings. The van der Waals surface area contributed by atoms with Gasteiger partial charge in [-0.2, -0.15) is 5.26 Å². The van der Waals surface area contributed by atoms with Crippen molar-refractivity contribution in [1.82, 2.24) is 20.2 Å². The first-order valence-electron chi connectivity index (χ1n) is 9.67. The number of hydrogen-bond acceptors (Lipinski definition) is 6. The van der Waals surface area contributed by atoms with Crippen LogP contribution in [0.4, 0.5) is 10.2 Å². The van der Waals surface area contributed by atoms with Gasteiger partial charge in [-0.3, -0.25) is 9.78 Å². The molecule has 28 heavy (non-hydrogen) atoms. The van der Waals surface area contributed by atoms with E-state index in [1.807, 2.05) is 36.5 Å². The quantitative estimate of drug-likeness (QED) is 0.856. The average Bonchev–Trinajstić information content (AvgIpc) is 3.05. The molecule has 144 valence electrons. The normalized spacial score (nSPS) is 31.1. The zero-order chi connectivity index (χ0) is 19.3. The second-order valence-electron chi connectivity index (χ2n) is 7.88. The predicted molar refractivity (Wildman–Crippen MR) is 101 cm³/mol. The van der Waals surface area contributed by atoms with Crippen molar-refractivity contribution in [1.29, 1.82) is 5.26 Å². The van der Waals surface area contributed by atoms with Crippen LogP contribution in [0.5, 0.6) is 0 Å². The van der Waals surface area contributed by atoms with Crippen molar-refractivity contribution in [3.8, 4) is 6.07 Å². The molecule has 1 amide bonds. The van der Waals surface area contributed by atoms with Gasteiger partial charge in [0.25, 0.3) is 0 Å². The van der Waals surface area contributed by atoms with Gasteiger partial charge in [-0.05, 0) is 24.0 Å². The molecule has 8 heteroatoms. The van der Waals surface area contributed by atoms with Gasteiger partial charge in [-0.1, -0.05) is 12.1 Å². The molecule has 7 nitrogen and oxygen atoms in total. The van der Waals surface area contributed by atoms with Gasteiger partial charge in [-0.25, -0.2) is 9.37 Å². The molecule has 0 spiro atoms. The minimum absolute atomic E-state index is 0.0324.